The van der Waals surface area contributed by atoms with E-state index < -0.39 is 18.0 Å². The molecule has 0 radical (unpaired) electrons. The quantitative estimate of drug-likeness (QED) is 0.655. The minimum absolute atomic E-state index is 0.0403. The van der Waals surface area contributed by atoms with E-state index in [-0.39, 0.29) is 12.0 Å². The highest BCUT2D eigenvalue weighted by Gasteiger charge is 2.21. The predicted octanol–water partition coefficient (Wildman–Crippen LogP) is 2.22. The molecule has 0 aliphatic rings. The number of carbonyl (C=O) groups is 2. The zero-order valence-electron chi connectivity index (χ0n) is 12.0. The summed E-state index contributed by atoms with van der Waals surface area (Å²) in [4.78, 5) is 22.6. The summed E-state index contributed by atoms with van der Waals surface area (Å²) >= 11 is 0. The van der Waals surface area contributed by atoms with Gasteiger partial charge in [0.2, 0.25) is 0 Å². The Morgan fingerprint density at radius 3 is 1.83 bits per heavy atom. The lowest BCUT2D eigenvalue weighted by atomic mass is 10.0. The molecule has 0 saturated heterocycles. The second-order valence-electron chi connectivity index (χ2n) is 5.67. The van der Waals surface area contributed by atoms with Crippen LogP contribution >= 0.6 is 0 Å². The molecule has 0 spiro atoms. The molecule has 5 nitrogen and oxygen atoms in total. The van der Waals surface area contributed by atoms with Crippen molar-refractivity contribution in [3.63, 3.8) is 0 Å². The van der Waals surface area contributed by atoms with Gasteiger partial charge in [0.15, 0.2) is 0 Å². The molecular formula is C13H26N2O3. The number of nitrogens with one attached hydrogen (secondary N) is 2. The maximum Gasteiger partial charge on any atom is 0.326 e. The smallest absolute Gasteiger partial charge is 0.326 e. The third kappa shape index (κ3) is 7.92. The minimum Gasteiger partial charge on any atom is -0.480 e. The highest BCUT2D eigenvalue weighted by Crippen LogP contribution is 2.06. The zero-order valence-corrected chi connectivity index (χ0v) is 12.0. The maximum atomic E-state index is 11.6. The fourth-order valence-corrected chi connectivity index (χ4v) is 1.88. The van der Waals surface area contributed by atoms with Crippen molar-refractivity contribution in [1.29, 1.82) is 0 Å². The first-order valence-corrected chi connectivity index (χ1v) is 6.52. The van der Waals surface area contributed by atoms with Gasteiger partial charge >= 0.3 is 12.0 Å². The van der Waals surface area contributed by atoms with Crippen LogP contribution in [0.1, 0.15) is 47.5 Å². The molecule has 0 aliphatic carbocycles. The highest BCUT2D eigenvalue weighted by atomic mass is 16.4. The Bertz CT molecular complexity index is 277. The molecule has 2 atom stereocenters. The van der Waals surface area contributed by atoms with Crippen molar-refractivity contribution in [3.8, 4) is 0 Å². The Morgan fingerprint density at radius 1 is 0.944 bits per heavy atom. The molecule has 3 N–H and O–H groups in total. The lowest BCUT2D eigenvalue weighted by Crippen LogP contribution is -2.49. The van der Waals surface area contributed by atoms with Crippen molar-refractivity contribution in [2.75, 3.05) is 0 Å². The molecule has 0 aromatic rings. The number of urea groups is 1. The number of aliphatic carboxylic acids is 1. The first-order valence-electron chi connectivity index (χ1n) is 6.52. The third-order valence-electron chi connectivity index (χ3n) is 2.51. The summed E-state index contributed by atoms with van der Waals surface area (Å²) in [5, 5.41) is 14.3. The molecule has 2 amide bonds. The molecule has 5 heteroatoms. The van der Waals surface area contributed by atoms with Crippen molar-refractivity contribution >= 4 is 12.0 Å². The Balaban J connectivity index is 4.21. The van der Waals surface area contributed by atoms with Crippen molar-refractivity contribution < 1.29 is 14.7 Å². The van der Waals surface area contributed by atoms with Crippen LogP contribution < -0.4 is 10.6 Å². The molecule has 0 aromatic carbocycles. The van der Waals surface area contributed by atoms with Gasteiger partial charge in [-0.05, 0) is 31.6 Å². The number of carbonyl (C=O) groups excluding carboxylic acids is 1. The molecule has 0 aliphatic heterocycles. The van der Waals surface area contributed by atoms with Gasteiger partial charge in [-0.25, -0.2) is 9.59 Å². The molecule has 18 heavy (non-hydrogen) atoms. The van der Waals surface area contributed by atoms with Crippen LogP contribution in [-0.2, 0) is 4.79 Å². The largest absolute Gasteiger partial charge is 0.480 e. The molecule has 0 bridgehead atoms. The Morgan fingerprint density at radius 2 is 1.44 bits per heavy atom. The average Bonchev–Trinajstić information content (AvgIpc) is 2.13. The van der Waals surface area contributed by atoms with Gasteiger partial charge in [0, 0.05) is 6.04 Å². The molecule has 106 valence electrons. The Hall–Kier alpha value is -1.26. The summed E-state index contributed by atoms with van der Waals surface area (Å²) in [7, 11) is 0. The monoisotopic (exact) mass is 258 g/mol. The van der Waals surface area contributed by atoms with E-state index in [1.54, 1.807) is 0 Å². The van der Waals surface area contributed by atoms with Gasteiger partial charge in [-0.15, -0.1) is 0 Å². The van der Waals surface area contributed by atoms with Crippen LogP contribution in [0.2, 0.25) is 0 Å². The summed E-state index contributed by atoms with van der Waals surface area (Å²) in [6, 6.07) is -1.19. The second-order valence-corrected chi connectivity index (χ2v) is 5.67. The van der Waals surface area contributed by atoms with E-state index in [1.807, 2.05) is 20.8 Å². The SMILES string of the molecule is CC(C)CC(C)NC(=O)N[C@@H](CC(C)C)C(=O)O. The van der Waals surface area contributed by atoms with Gasteiger partial charge in [0.1, 0.15) is 6.04 Å². The number of rotatable bonds is 7. The molecule has 0 rings (SSSR count). The van der Waals surface area contributed by atoms with Crippen LogP contribution in [-0.4, -0.2) is 29.2 Å². The van der Waals surface area contributed by atoms with Crippen LogP contribution in [0.4, 0.5) is 4.79 Å². The average molecular weight is 258 g/mol. The topological polar surface area (TPSA) is 78.4 Å². The zero-order chi connectivity index (χ0) is 14.3. The summed E-state index contributed by atoms with van der Waals surface area (Å²) in [6.45, 7) is 9.93. The van der Waals surface area contributed by atoms with Crippen molar-refractivity contribution in [2.45, 2.75) is 59.5 Å². The number of hydrogen-bond acceptors (Lipinski definition) is 2. The maximum absolute atomic E-state index is 11.6. The van der Waals surface area contributed by atoms with Gasteiger partial charge < -0.3 is 15.7 Å². The van der Waals surface area contributed by atoms with Crippen molar-refractivity contribution in [2.24, 2.45) is 11.8 Å². The molecule has 0 fully saturated rings. The van der Waals surface area contributed by atoms with Gasteiger partial charge in [-0.3, -0.25) is 0 Å². The van der Waals surface area contributed by atoms with E-state index in [0.29, 0.717) is 12.3 Å². The number of hydrogen-bond donors (Lipinski definition) is 3. The first-order chi connectivity index (χ1) is 8.22. The Labute approximate surface area is 109 Å². The number of amides is 2. The summed E-state index contributed by atoms with van der Waals surface area (Å²) in [6.07, 6.45) is 1.30. The van der Waals surface area contributed by atoms with Gasteiger partial charge in [0.05, 0.1) is 0 Å². The van der Waals surface area contributed by atoms with E-state index >= 15 is 0 Å². The van der Waals surface area contributed by atoms with E-state index in [4.69, 9.17) is 5.11 Å². The fourth-order valence-electron chi connectivity index (χ4n) is 1.88. The van der Waals surface area contributed by atoms with E-state index in [0.717, 1.165) is 6.42 Å². The number of carboxylic acids is 1. The van der Waals surface area contributed by atoms with Gasteiger partial charge in [-0.1, -0.05) is 27.7 Å². The molecule has 0 heterocycles. The lowest BCUT2D eigenvalue weighted by molar-refractivity contribution is -0.139. The first kappa shape index (κ1) is 16.7. The molecular weight excluding hydrogens is 232 g/mol. The van der Waals surface area contributed by atoms with E-state index in [1.165, 1.54) is 0 Å². The summed E-state index contributed by atoms with van der Waals surface area (Å²) < 4.78 is 0. The molecule has 0 saturated carbocycles. The fraction of sp³-hybridized carbons (Fsp3) is 0.846. The van der Waals surface area contributed by atoms with Crippen LogP contribution in [0.15, 0.2) is 0 Å². The normalized spacial score (nSPS) is 14.4. The predicted molar refractivity (Wildman–Crippen MR) is 71.5 cm³/mol. The summed E-state index contributed by atoms with van der Waals surface area (Å²) in [5.74, 6) is -0.277. The van der Waals surface area contributed by atoms with E-state index in [9.17, 15) is 9.59 Å². The summed E-state index contributed by atoms with van der Waals surface area (Å²) in [5.41, 5.74) is 0. The Kier molecular flexibility index (Phi) is 7.39. The minimum atomic E-state index is -0.990. The van der Waals surface area contributed by atoms with Crippen LogP contribution in [0.5, 0.6) is 0 Å². The van der Waals surface area contributed by atoms with Gasteiger partial charge in [-0.2, -0.15) is 0 Å². The van der Waals surface area contributed by atoms with Crippen LogP contribution in [0, 0.1) is 11.8 Å². The highest BCUT2D eigenvalue weighted by molar-refractivity contribution is 5.82. The number of carboxylic acid groups (broad SMARTS) is 1. The third-order valence-corrected chi connectivity index (χ3v) is 2.51. The van der Waals surface area contributed by atoms with Crippen molar-refractivity contribution in [3.05, 3.63) is 0 Å². The molecule has 0 aromatic heterocycles. The lowest BCUT2D eigenvalue weighted by Gasteiger charge is -2.20. The van der Waals surface area contributed by atoms with Gasteiger partial charge in [0.25, 0.3) is 0 Å². The van der Waals surface area contributed by atoms with Crippen LogP contribution in [0.3, 0.4) is 0 Å². The van der Waals surface area contributed by atoms with Crippen molar-refractivity contribution in [1.82, 2.24) is 10.6 Å². The standard InChI is InChI=1S/C13H26N2O3/c1-8(2)6-10(5)14-13(18)15-11(12(16)17)7-9(3)4/h8-11H,6-7H2,1-5H3,(H,16,17)(H2,14,15,18)/t10?,11-/m0/s1. The van der Waals surface area contributed by atoms with Crippen LogP contribution in [0.25, 0.3) is 0 Å². The van der Waals surface area contributed by atoms with E-state index in [2.05, 4.69) is 24.5 Å². The second kappa shape index (κ2) is 7.95. The molecule has 1 unspecified atom stereocenters.